The molecule has 0 bridgehead atoms. The Morgan fingerprint density at radius 3 is 2.00 bits per heavy atom. The van der Waals surface area contributed by atoms with Crippen LogP contribution in [0.3, 0.4) is 0 Å². The van der Waals surface area contributed by atoms with Gasteiger partial charge in [0.1, 0.15) is 0 Å². The first kappa shape index (κ1) is 9.23. The summed E-state index contributed by atoms with van der Waals surface area (Å²) in [6.45, 7) is 0. The van der Waals surface area contributed by atoms with E-state index < -0.39 is 6.16 Å². The fraction of sp³-hybridized carbons (Fsp3) is 0. The SMILES string of the molecule is NOC(=O)O.[Cu]. The minimum absolute atomic E-state index is 0. The molecule has 0 aromatic carbocycles. The van der Waals surface area contributed by atoms with Crippen molar-refractivity contribution in [3.05, 3.63) is 0 Å². The predicted octanol–water partition coefficient (Wildman–Crippen LogP) is -0.448. The minimum Gasteiger partial charge on any atom is -0.448 e. The zero-order valence-electron chi connectivity index (χ0n) is 2.64. The van der Waals surface area contributed by atoms with Gasteiger partial charge in [0.25, 0.3) is 0 Å². The summed E-state index contributed by atoms with van der Waals surface area (Å²) in [5, 5.41) is 7.38. The second kappa shape index (κ2) is 4.75. The van der Waals surface area contributed by atoms with E-state index in [1.54, 1.807) is 0 Å². The molecule has 0 aromatic heterocycles. The summed E-state index contributed by atoms with van der Waals surface area (Å²) in [5.74, 6) is 4.07. The molecule has 1 radical (unpaired) electrons. The van der Waals surface area contributed by atoms with Gasteiger partial charge in [-0.1, -0.05) is 0 Å². The van der Waals surface area contributed by atoms with Crippen molar-refractivity contribution in [2.75, 3.05) is 0 Å². The van der Waals surface area contributed by atoms with Gasteiger partial charge < -0.3 is 9.94 Å². The van der Waals surface area contributed by atoms with E-state index >= 15 is 0 Å². The zero-order valence-corrected chi connectivity index (χ0v) is 3.58. The third-order valence-electron chi connectivity index (χ3n) is 0.101. The largest absolute Gasteiger partial charge is 0.524 e. The average Bonchev–Trinajstić information content (AvgIpc) is 1.38. The molecule has 0 fully saturated rings. The molecule has 0 saturated carbocycles. The van der Waals surface area contributed by atoms with Crippen molar-refractivity contribution in [2.24, 2.45) is 5.90 Å². The van der Waals surface area contributed by atoms with E-state index in [9.17, 15) is 0 Å². The van der Waals surface area contributed by atoms with Gasteiger partial charge in [0.15, 0.2) is 0 Å². The van der Waals surface area contributed by atoms with Gasteiger partial charge in [-0.05, 0) is 0 Å². The minimum atomic E-state index is -1.47. The van der Waals surface area contributed by atoms with Crippen molar-refractivity contribution in [2.45, 2.75) is 0 Å². The number of nitrogens with two attached hydrogens (primary N) is 1. The zero-order chi connectivity index (χ0) is 4.28. The molecule has 4 nitrogen and oxygen atoms in total. The third-order valence-corrected chi connectivity index (χ3v) is 0.101. The number of carbonyl (C=O) groups is 1. The Hall–Kier alpha value is -0.251. The van der Waals surface area contributed by atoms with E-state index in [-0.39, 0.29) is 17.1 Å². The molecule has 0 unspecified atom stereocenters. The van der Waals surface area contributed by atoms with Crippen LogP contribution in [0.15, 0.2) is 0 Å². The number of hydrogen-bond donors (Lipinski definition) is 2. The molecule has 0 amide bonds. The molecule has 0 aliphatic carbocycles. The molecule has 0 heterocycles. The van der Waals surface area contributed by atoms with Crippen LogP contribution in [0.1, 0.15) is 0 Å². The average molecular weight is 141 g/mol. The first-order valence-corrected chi connectivity index (χ1v) is 0.868. The summed E-state index contributed by atoms with van der Waals surface area (Å²) in [4.78, 5) is 12.2. The summed E-state index contributed by atoms with van der Waals surface area (Å²) >= 11 is 0. The van der Waals surface area contributed by atoms with Crippen molar-refractivity contribution < 1.29 is 31.8 Å². The Morgan fingerprint density at radius 1 is 1.83 bits per heavy atom. The summed E-state index contributed by atoms with van der Waals surface area (Å²) < 4.78 is 0. The Balaban J connectivity index is 0. The molecular formula is CH3CuNO3. The Bertz CT molecular complexity index is 46.1. The van der Waals surface area contributed by atoms with E-state index in [0.29, 0.717) is 0 Å². The van der Waals surface area contributed by atoms with Crippen molar-refractivity contribution in [3.8, 4) is 0 Å². The number of carboxylic acid groups (broad SMARTS) is 1. The maximum absolute atomic E-state index is 9.02. The first-order chi connectivity index (χ1) is 2.27. The summed E-state index contributed by atoms with van der Waals surface area (Å²) in [6, 6.07) is 0. The van der Waals surface area contributed by atoms with Crippen LogP contribution in [0.2, 0.25) is 0 Å². The molecule has 0 rings (SSSR count). The van der Waals surface area contributed by atoms with Crippen molar-refractivity contribution in [1.29, 1.82) is 0 Å². The summed E-state index contributed by atoms with van der Waals surface area (Å²) in [5.41, 5.74) is 0. The van der Waals surface area contributed by atoms with Crippen LogP contribution in [-0.2, 0) is 21.9 Å². The molecular weight excluding hydrogens is 138 g/mol. The van der Waals surface area contributed by atoms with Crippen molar-refractivity contribution in [1.82, 2.24) is 0 Å². The Kier molecular flexibility index (Phi) is 7.30. The van der Waals surface area contributed by atoms with Gasteiger partial charge in [-0.3, -0.25) is 0 Å². The molecule has 5 heteroatoms. The van der Waals surface area contributed by atoms with Gasteiger partial charge in [-0.2, -0.15) is 5.90 Å². The first-order valence-electron chi connectivity index (χ1n) is 0.868. The Morgan fingerprint density at radius 2 is 2.00 bits per heavy atom. The second-order valence-corrected chi connectivity index (χ2v) is 0.384. The van der Waals surface area contributed by atoms with Gasteiger partial charge in [-0.15, -0.1) is 0 Å². The molecule has 0 aliphatic rings. The standard InChI is InChI=1S/CH3NO3.Cu/c2-5-1(3)4;/h2H2,(H,3,4);. The number of rotatable bonds is 0. The summed E-state index contributed by atoms with van der Waals surface area (Å²) in [6.07, 6.45) is -1.47. The maximum Gasteiger partial charge on any atom is 0.524 e. The second-order valence-electron chi connectivity index (χ2n) is 0.384. The monoisotopic (exact) mass is 140 g/mol. The van der Waals surface area contributed by atoms with Crippen LogP contribution < -0.4 is 5.90 Å². The topological polar surface area (TPSA) is 72.5 Å². The van der Waals surface area contributed by atoms with Crippen LogP contribution in [0, 0.1) is 0 Å². The molecule has 41 valence electrons. The molecule has 0 atom stereocenters. The van der Waals surface area contributed by atoms with E-state index in [1.165, 1.54) is 0 Å². The van der Waals surface area contributed by atoms with Gasteiger partial charge in [0, 0.05) is 17.1 Å². The molecule has 3 N–H and O–H groups in total. The molecule has 0 spiro atoms. The fourth-order valence-electron chi connectivity index (χ4n) is 0. The molecule has 0 aliphatic heterocycles. The van der Waals surface area contributed by atoms with Crippen LogP contribution in [0.25, 0.3) is 0 Å². The maximum atomic E-state index is 9.02. The molecule has 0 aromatic rings. The fourth-order valence-corrected chi connectivity index (χ4v) is 0. The van der Waals surface area contributed by atoms with Crippen molar-refractivity contribution >= 4 is 6.16 Å². The van der Waals surface area contributed by atoms with Crippen LogP contribution in [0.5, 0.6) is 0 Å². The molecule has 0 saturated heterocycles. The summed E-state index contributed by atoms with van der Waals surface area (Å²) in [7, 11) is 0. The quantitative estimate of drug-likeness (QED) is 0.353. The van der Waals surface area contributed by atoms with Gasteiger partial charge in [0.2, 0.25) is 0 Å². The van der Waals surface area contributed by atoms with E-state index in [1.807, 2.05) is 0 Å². The van der Waals surface area contributed by atoms with E-state index in [2.05, 4.69) is 10.7 Å². The van der Waals surface area contributed by atoms with Gasteiger partial charge >= 0.3 is 6.16 Å². The Labute approximate surface area is 44.7 Å². The van der Waals surface area contributed by atoms with Crippen LogP contribution in [0.4, 0.5) is 4.79 Å². The normalized spacial score (nSPS) is 5.50. The van der Waals surface area contributed by atoms with Gasteiger partial charge in [-0.25, -0.2) is 4.79 Å². The molecule has 6 heavy (non-hydrogen) atoms. The van der Waals surface area contributed by atoms with Gasteiger partial charge in [0.05, 0.1) is 0 Å². The smallest absolute Gasteiger partial charge is 0.448 e. The van der Waals surface area contributed by atoms with E-state index in [0.717, 1.165) is 0 Å². The van der Waals surface area contributed by atoms with Crippen molar-refractivity contribution in [3.63, 3.8) is 0 Å². The predicted molar refractivity (Wildman–Crippen MR) is 13.3 cm³/mol. The third kappa shape index (κ3) is 9.26. The van der Waals surface area contributed by atoms with E-state index in [4.69, 9.17) is 9.90 Å². The van der Waals surface area contributed by atoms with Crippen LogP contribution in [-0.4, -0.2) is 11.3 Å². The van der Waals surface area contributed by atoms with Crippen LogP contribution >= 0.6 is 0 Å². The number of hydrogen-bond acceptors (Lipinski definition) is 3.